The van der Waals surface area contributed by atoms with E-state index in [1.807, 2.05) is 0 Å². The Morgan fingerprint density at radius 2 is 2.11 bits per heavy atom. The second-order valence-electron chi connectivity index (χ2n) is 3.52. The fourth-order valence-electron chi connectivity index (χ4n) is 1.07. The zero-order valence-electron chi connectivity index (χ0n) is 9.65. The number of hydrogen-bond acceptors (Lipinski definition) is 4. The van der Waals surface area contributed by atoms with Crippen molar-refractivity contribution >= 4 is 11.9 Å². The summed E-state index contributed by atoms with van der Waals surface area (Å²) in [6, 6.07) is -1.31. The molecule has 1 heterocycles. The third kappa shape index (κ3) is 3.47. The Kier molecular flexibility index (Phi) is 4.30. The Hall–Kier alpha value is -2.05. The molecule has 0 radical (unpaired) electrons. The van der Waals surface area contributed by atoms with Crippen LogP contribution in [0.4, 0.5) is 13.2 Å². The third-order valence-electron chi connectivity index (χ3n) is 2.06. The predicted molar refractivity (Wildman–Crippen MR) is 63.7 cm³/mol. The summed E-state index contributed by atoms with van der Waals surface area (Å²) in [6.07, 6.45) is -0.353. The second kappa shape index (κ2) is 5.52. The molecule has 0 aromatic carbocycles. The first kappa shape index (κ1) is 14.0. The second-order valence-corrected chi connectivity index (χ2v) is 3.52. The molecule has 1 aliphatic rings. The van der Waals surface area contributed by atoms with Crippen molar-refractivity contribution in [3.05, 3.63) is 36.6 Å². The number of halogens is 3. The van der Waals surface area contributed by atoms with E-state index in [4.69, 9.17) is 0 Å². The van der Waals surface area contributed by atoms with E-state index < -0.39 is 17.9 Å². The van der Waals surface area contributed by atoms with Gasteiger partial charge in [0.25, 0.3) is 0 Å². The van der Waals surface area contributed by atoms with Crippen molar-refractivity contribution in [2.24, 2.45) is 20.4 Å². The van der Waals surface area contributed by atoms with Crippen LogP contribution in [0, 0.1) is 0 Å². The minimum absolute atomic E-state index is 0.0698. The molecule has 0 spiro atoms. The Morgan fingerprint density at radius 1 is 1.44 bits per heavy atom. The van der Waals surface area contributed by atoms with E-state index in [2.05, 4.69) is 33.6 Å². The molecule has 0 saturated carbocycles. The molecule has 1 atom stereocenters. The summed E-state index contributed by atoms with van der Waals surface area (Å²) in [4.78, 5) is 3.82. The zero-order valence-corrected chi connectivity index (χ0v) is 9.65. The summed E-state index contributed by atoms with van der Waals surface area (Å²) < 4.78 is 37.5. The van der Waals surface area contributed by atoms with Crippen LogP contribution in [0.25, 0.3) is 0 Å². The molecule has 0 aliphatic carbocycles. The maximum Gasteiger partial charge on any atom is 0.433 e. The van der Waals surface area contributed by atoms with Crippen molar-refractivity contribution < 1.29 is 13.2 Å². The number of hydrogen-bond donors (Lipinski definition) is 0. The van der Waals surface area contributed by atoms with Crippen LogP contribution in [0.5, 0.6) is 0 Å². The molecule has 0 amide bonds. The summed E-state index contributed by atoms with van der Waals surface area (Å²) in [6.45, 7) is 8.75. The molecule has 7 heteroatoms. The minimum Gasteiger partial charge on any atom is -0.264 e. The van der Waals surface area contributed by atoms with Gasteiger partial charge in [-0.2, -0.15) is 18.3 Å². The van der Waals surface area contributed by atoms with E-state index in [1.54, 1.807) is 13.0 Å². The molecular weight excluding hydrogens is 245 g/mol. The number of nitrogens with zero attached hydrogens (tertiary/aromatic N) is 4. The van der Waals surface area contributed by atoms with Crippen LogP contribution in [0.15, 0.2) is 57.0 Å². The molecule has 0 fully saturated rings. The van der Waals surface area contributed by atoms with Crippen LogP contribution in [0.1, 0.15) is 6.92 Å². The van der Waals surface area contributed by atoms with Crippen molar-refractivity contribution in [1.82, 2.24) is 0 Å². The average molecular weight is 256 g/mol. The van der Waals surface area contributed by atoms with E-state index in [-0.39, 0.29) is 5.57 Å². The molecule has 0 N–H and O–H groups in total. The van der Waals surface area contributed by atoms with Crippen molar-refractivity contribution in [1.29, 1.82) is 0 Å². The van der Waals surface area contributed by atoms with Crippen LogP contribution >= 0.6 is 0 Å². The van der Waals surface area contributed by atoms with E-state index in [9.17, 15) is 13.2 Å². The van der Waals surface area contributed by atoms with Gasteiger partial charge in [0.15, 0.2) is 5.71 Å². The molecular formula is C11H11F3N4. The van der Waals surface area contributed by atoms with Gasteiger partial charge < -0.3 is 0 Å². The van der Waals surface area contributed by atoms with Gasteiger partial charge in [-0.3, -0.25) is 4.99 Å². The van der Waals surface area contributed by atoms with Crippen LogP contribution in [0.3, 0.4) is 0 Å². The molecule has 0 bridgehead atoms. The fraction of sp³-hybridized carbons (Fsp3) is 0.273. The number of rotatable bonds is 4. The monoisotopic (exact) mass is 256 g/mol. The molecule has 0 saturated heterocycles. The third-order valence-corrected chi connectivity index (χ3v) is 2.06. The van der Waals surface area contributed by atoms with Gasteiger partial charge in [-0.05, 0) is 23.3 Å². The van der Waals surface area contributed by atoms with Gasteiger partial charge in [-0.1, -0.05) is 19.2 Å². The smallest absolute Gasteiger partial charge is 0.264 e. The summed E-state index contributed by atoms with van der Waals surface area (Å²) >= 11 is 0. The van der Waals surface area contributed by atoms with Crippen molar-refractivity contribution in [3.8, 4) is 0 Å². The van der Waals surface area contributed by atoms with E-state index in [1.165, 1.54) is 12.4 Å². The topological polar surface area (TPSA) is 49.4 Å². The number of alkyl halides is 3. The van der Waals surface area contributed by atoms with Crippen LogP contribution < -0.4 is 0 Å². The highest BCUT2D eigenvalue weighted by Gasteiger charge is 2.44. The summed E-state index contributed by atoms with van der Waals surface area (Å²) in [5, 5.41) is 9.37. The minimum atomic E-state index is -4.57. The van der Waals surface area contributed by atoms with Crippen molar-refractivity contribution in [2.75, 3.05) is 0 Å². The fourth-order valence-corrected chi connectivity index (χ4v) is 1.07. The van der Waals surface area contributed by atoms with E-state index >= 15 is 0 Å². The lowest BCUT2D eigenvalue weighted by atomic mass is 10.1. The van der Waals surface area contributed by atoms with Gasteiger partial charge in [0.05, 0.1) is 0 Å². The van der Waals surface area contributed by atoms with Crippen LogP contribution in [0.2, 0.25) is 0 Å². The first-order chi connectivity index (χ1) is 8.36. The lowest BCUT2D eigenvalue weighted by Gasteiger charge is -2.11. The lowest BCUT2D eigenvalue weighted by molar-refractivity contribution is -0.0603. The van der Waals surface area contributed by atoms with E-state index in [0.29, 0.717) is 0 Å². The molecule has 96 valence electrons. The largest absolute Gasteiger partial charge is 0.433 e. The van der Waals surface area contributed by atoms with Gasteiger partial charge in [0.1, 0.15) is 6.04 Å². The lowest BCUT2D eigenvalue weighted by Crippen LogP contribution is -2.32. The molecule has 1 unspecified atom stereocenters. The zero-order chi connectivity index (χ0) is 13.8. The molecule has 18 heavy (non-hydrogen) atoms. The standard InChI is InChI=1S/C11H11F3N4/c1-4-7(2)5-15-6-8(3)9-10(11(12,13)14)17-18-16-9/h4-6,9H,1,3H2,2H3/b7-5-,15-6?. The molecule has 0 aromatic heterocycles. The Balaban J connectivity index is 2.78. The number of aliphatic imine (C=N–C) groups is 1. The quantitative estimate of drug-likeness (QED) is 0.546. The van der Waals surface area contributed by atoms with E-state index in [0.717, 1.165) is 5.57 Å². The SMILES string of the molecule is C=C/C(C)=C\N=CC(=C)C1N=NN=C1C(F)(F)F. The van der Waals surface area contributed by atoms with Crippen molar-refractivity contribution in [2.45, 2.75) is 19.1 Å². The Morgan fingerprint density at radius 3 is 2.67 bits per heavy atom. The van der Waals surface area contributed by atoms with Gasteiger partial charge in [0.2, 0.25) is 0 Å². The molecule has 1 aliphatic heterocycles. The van der Waals surface area contributed by atoms with Gasteiger partial charge in [0, 0.05) is 12.4 Å². The highest BCUT2D eigenvalue weighted by Crippen LogP contribution is 2.26. The normalized spacial score (nSPS) is 20.3. The van der Waals surface area contributed by atoms with Gasteiger partial charge in [-0.25, -0.2) is 0 Å². The highest BCUT2D eigenvalue weighted by molar-refractivity contribution is 6.02. The Labute approximate surface area is 102 Å². The van der Waals surface area contributed by atoms with Crippen LogP contribution in [-0.4, -0.2) is 24.1 Å². The highest BCUT2D eigenvalue weighted by atomic mass is 19.4. The first-order valence-corrected chi connectivity index (χ1v) is 4.92. The summed E-state index contributed by atoms with van der Waals surface area (Å²) in [5.74, 6) is 0. The number of allylic oxidation sites excluding steroid dienone is 2. The van der Waals surface area contributed by atoms with Crippen LogP contribution in [-0.2, 0) is 0 Å². The maximum absolute atomic E-state index is 12.5. The molecule has 0 aromatic rings. The maximum atomic E-state index is 12.5. The predicted octanol–water partition coefficient (Wildman–Crippen LogP) is 3.46. The molecule has 1 rings (SSSR count). The summed E-state index contributed by atoms with van der Waals surface area (Å²) in [5.41, 5.74) is -0.236. The van der Waals surface area contributed by atoms with Crippen molar-refractivity contribution in [3.63, 3.8) is 0 Å². The van der Waals surface area contributed by atoms with Gasteiger partial charge >= 0.3 is 6.18 Å². The van der Waals surface area contributed by atoms with Gasteiger partial charge in [-0.15, -0.1) is 5.10 Å². The first-order valence-electron chi connectivity index (χ1n) is 4.92. The summed E-state index contributed by atoms with van der Waals surface area (Å²) in [7, 11) is 0. The average Bonchev–Trinajstić information content (AvgIpc) is 2.77. The Bertz CT molecular complexity index is 469. The molecule has 4 nitrogen and oxygen atoms in total.